The van der Waals surface area contributed by atoms with Gasteiger partial charge in [-0.25, -0.2) is 8.37 Å². The molecule has 0 saturated heterocycles. The summed E-state index contributed by atoms with van der Waals surface area (Å²) in [6.07, 6.45) is 0. The van der Waals surface area contributed by atoms with E-state index in [1.807, 2.05) is 0 Å². The molecule has 0 aliphatic carbocycles. The smallest absolute Gasteiger partial charge is 0.248 e. The van der Waals surface area contributed by atoms with Crippen LogP contribution in [-0.4, -0.2) is 20.6 Å². The highest BCUT2D eigenvalue weighted by atomic mass is 32.3. The fraction of sp³-hybridized carbons (Fsp3) is 0.750. The molecule has 13 heavy (non-hydrogen) atoms. The van der Waals surface area contributed by atoms with Crippen molar-refractivity contribution in [2.75, 3.05) is 6.61 Å². The molecule has 0 aliphatic heterocycles. The average Bonchev–Trinajstić information content (AvgIpc) is 1.82. The molecule has 0 atom stereocenters. The van der Waals surface area contributed by atoms with E-state index in [0.717, 1.165) is 0 Å². The molecule has 0 aromatic carbocycles. The van der Waals surface area contributed by atoms with Gasteiger partial charge in [0.25, 0.3) is 0 Å². The molecule has 0 amide bonds. The maximum absolute atomic E-state index is 11.0. The summed E-state index contributed by atoms with van der Waals surface area (Å²) in [6, 6.07) is 0. The van der Waals surface area contributed by atoms with Crippen LogP contribution in [0.4, 0.5) is 0 Å². The second-order valence-electron chi connectivity index (χ2n) is 2.78. The van der Waals surface area contributed by atoms with E-state index in [0.29, 0.717) is 0 Å². The highest BCUT2D eigenvalue weighted by Gasteiger charge is 2.24. The molecule has 0 heterocycles. The van der Waals surface area contributed by atoms with Gasteiger partial charge in [-0.05, 0) is 27.7 Å². The molecule has 0 aromatic heterocycles. The van der Waals surface area contributed by atoms with Crippen LogP contribution in [0.1, 0.15) is 27.7 Å². The summed E-state index contributed by atoms with van der Waals surface area (Å²) in [5.74, 6) is 5.18. The minimum Gasteiger partial charge on any atom is -0.248 e. The topological polar surface area (TPSA) is 52.6 Å². The van der Waals surface area contributed by atoms with Gasteiger partial charge in [-0.15, -0.1) is 5.92 Å². The van der Waals surface area contributed by atoms with E-state index in [-0.39, 0.29) is 6.61 Å². The van der Waals surface area contributed by atoms with Crippen molar-refractivity contribution >= 4 is 10.4 Å². The van der Waals surface area contributed by atoms with Gasteiger partial charge >= 0.3 is 10.4 Å². The van der Waals surface area contributed by atoms with Crippen molar-refractivity contribution in [1.82, 2.24) is 0 Å². The molecule has 0 radical (unpaired) electrons. The molecule has 0 saturated carbocycles. The first-order valence-corrected chi connectivity index (χ1v) is 5.20. The predicted octanol–water partition coefficient (Wildman–Crippen LogP) is 1.09. The minimum atomic E-state index is -3.91. The summed E-state index contributed by atoms with van der Waals surface area (Å²) < 4.78 is 31.1. The van der Waals surface area contributed by atoms with Gasteiger partial charge in [0.05, 0.1) is 6.61 Å². The molecular weight excluding hydrogens is 192 g/mol. The Kier molecular flexibility index (Phi) is 4.40. The Balaban J connectivity index is 4.49. The van der Waals surface area contributed by atoms with Gasteiger partial charge in [0.1, 0.15) is 5.60 Å². The lowest BCUT2D eigenvalue weighted by Gasteiger charge is -2.16. The van der Waals surface area contributed by atoms with E-state index < -0.39 is 16.0 Å². The maximum Gasteiger partial charge on any atom is 0.401 e. The zero-order chi connectivity index (χ0) is 10.5. The Morgan fingerprint density at radius 1 is 1.38 bits per heavy atom. The average molecular weight is 206 g/mol. The molecule has 0 spiro atoms. The van der Waals surface area contributed by atoms with Crippen LogP contribution in [-0.2, 0) is 18.8 Å². The zero-order valence-corrected chi connectivity index (χ0v) is 9.06. The van der Waals surface area contributed by atoms with E-state index in [1.165, 1.54) is 0 Å². The maximum atomic E-state index is 11.0. The summed E-state index contributed by atoms with van der Waals surface area (Å²) in [5, 5.41) is 0. The summed E-state index contributed by atoms with van der Waals surface area (Å²) >= 11 is 0. The molecule has 0 bridgehead atoms. The first-order valence-electron chi connectivity index (χ1n) is 3.87. The third-order valence-corrected chi connectivity index (χ3v) is 2.14. The fourth-order valence-corrected chi connectivity index (χ4v) is 1.63. The number of hydrogen-bond donors (Lipinski definition) is 0. The predicted molar refractivity (Wildman–Crippen MR) is 49.2 cm³/mol. The quantitative estimate of drug-likeness (QED) is 0.646. The summed E-state index contributed by atoms with van der Waals surface area (Å²) in [4.78, 5) is 0. The number of rotatable bonds is 4. The van der Waals surface area contributed by atoms with Crippen LogP contribution in [0.3, 0.4) is 0 Å². The lowest BCUT2D eigenvalue weighted by molar-refractivity contribution is 0.137. The van der Waals surface area contributed by atoms with Gasteiger partial charge in [-0.2, -0.15) is 8.42 Å². The van der Waals surface area contributed by atoms with E-state index in [2.05, 4.69) is 20.2 Å². The van der Waals surface area contributed by atoms with Gasteiger partial charge in [0, 0.05) is 0 Å². The van der Waals surface area contributed by atoms with Gasteiger partial charge in [-0.1, -0.05) is 5.92 Å². The van der Waals surface area contributed by atoms with Crippen LogP contribution in [0.25, 0.3) is 0 Å². The first kappa shape index (κ1) is 12.4. The van der Waals surface area contributed by atoms with Crippen molar-refractivity contribution in [2.24, 2.45) is 0 Å². The first-order chi connectivity index (χ1) is 5.83. The molecule has 0 unspecified atom stereocenters. The molecule has 0 aromatic rings. The minimum absolute atomic E-state index is 0.0535. The Morgan fingerprint density at radius 3 is 2.31 bits per heavy atom. The largest absolute Gasteiger partial charge is 0.401 e. The molecule has 0 N–H and O–H groups in total. The summed E-state index contributed by atoms with van der Waals surface area (Å²) in [6.45, 7) is 6.34. The van der Waals surface area contributed by atoms with Gasteiger partial charge in [-0.3, -0.25) is 0 Å². The molecular formula is C8H14O4S. The van der Waals surface area contributed by atoms with Crippen molar-refractivity contribution in [3.05, 3.63) is 0 Å². The normalized spacial score (nSPS) is 12.0. The number of hydrogen-bond acceptors (Lipinski definition) is 4. The van der Waals surface area contributed by atoms with E-state index in [4.69, 9.17) is 0 Å². The highest BCUT2D eigenvalue weighted by molar-refractivity contribution is 7.81. The molecule has 0 rings (SSSR count). The third kappa shape index (κ3) is 5.64. The van der Waals surface area contributed by atoms with Crippen molar-refractivity contribution in [3.8, 4) is 11.8 Å². The van der Waals surface area contributed by atoms with Crippen LogP contribution in [0, 0.1) is 11.8 Å². The van der Waals surface area contributed by atoms with Crippen molar-refractivity contribution in [1.29, 1.82) is 0 Å². The SMILES string of the molecule is CC#CC(C)(C)OS(=O)(=O)OCC. The van der Waals surface area contributed by atoms with Gasteiger partial charge in [0.15, 0.2) is 0 Å². The van der Waals surface area contributed by atoms with Crippen molar-refractivity contribution in [3.63, 3.8) is 0 Å². The Labute approximate surface area is 79.6 Å². The Morgan fingerprint density at radius 2 is 1.92 bits per heavy atom. The molecule has 0 fully saturated rings. The van der Waals surface area contributed by atoms with Crippen LogP contribution < -0.4 is 0 Å². The second kappa shape index (κ2) is 4.61. The van der Waals surface area contributed by atoms with Crippen LogP contribution in [0.2, 0.25) is 0 Å². The molecule has 5 heteroatoms. The molecule has 4 nitrogen and oxygen atoms in total. The highest BCUT2D eigenvalue weighted by Crippen LogP contribution is 2.12. The van der Waals surface area contributed by atoms with Crippen molar-refractivity contribution in [2.45, 2.75) is 33.3 Å². The monoisotopic (exact) mass is 206 g/mol. The van der Waals surface area contributed by atoms with Gasteiger partial charge < -0.3 is 0 Å². The Hall–Kier alpha value is -0.570. The second-order valence-corrected chi connectivity index (χ2v) is 4.00. The van der Waals surface area contributed by atoms with E-state index in [1.54, 1.807) is 27.7 Å². The standard InChI is InChI=1S/C8H14O4S/c1-5-7-8(3,4)12-13(9,10)11-6-2/h6H2,1-4H3. The zero-order valence-electron chi connectivity index (χ0n) is 8.25. The lowest BCUT2D eigenvalue weighted by atomic mass is 10.1. The summed E-state index contributed by atoms with van der Waals surface area (Å²) in [7, 11) is -3.91. The summed E-state index contributed by atoms with van der Waals surface area (Å²) in [5.41, 5.74) is -1.04. The van der Waals surface area contributed by atoms with Crippen LogP contribution in [0.15, 0.2) is 0 Å². The van der Waals surface area contributed by atoms with Gasteiger partial charge in [0.2, 0.25) is 0 Å². The van der Waals surface area contributed by atoms with E-state index >= 15 is 0 Å². The fourth-order valence-electron chi connectivity index (χ4n) is 0.745. The lowest BCUT2D eigenvalue weighted by Crippen LogP contribution is -2.27. The van der Waals surface area contributed by atoms with Crippen LogP contribution >= 0.6 is 0 Å². The van der Waals surface area contributed by atoms with Crippen molar-refractivity contribution < 1.29 is 16.8 Å². The third-order valence-electron chi connectivity index (χ3n) is 0.999. The molecule has 0 aliphatic rings. The molecule has 76 valence electrons. The van der Waals surface area contributed by atoms with Crippen LogP contribution in [0.5, 0.6) is 0 Å². The van der Waals surface area contributed by atoms with E-state index in [9.17, 15) is 8.42 Å². The Bertz CT molecular complexity index is 305.